The maximum atomic E-state index is 13.0. The lowest BCUT2D eigenvalue weighted by atomic mass is 9.99. The number of fused-ring (bicyclic) bond motifs is 1. The van der Waals surface area contributed by atoms with Gasteiger partial charge in [0.1, 0.15) is 12.2 Å². The summed E-state index contributed by atoms with van der Waals surface area (Å²) in [6.07, 6.45) is -0.264. The van der Waals surface area contributed by atoms with Crippen LogP contribution < -0.4 is 4.90 Å². The molecule has 1 saturated heterocycles. The maximum Gasteiger partial charge on any atom is 0.410 e. The van der Waals surface area contributed by atoms with Crippen molar-refractivity contribution >= 4 is 23.8 Å². The highest BCUT2D eigenvalue weighted by Gasteiger charge is 2.35. The minimum Gasteiger partial charge on any atom is -0.461 e. The summed E-state index contributed by atoms with van der Waals surface area (Å²) < 4.78 is 16.4. The molecule has 0 unspecified atom stereocenters. The second-order valence-electron chi connectivity index (χ2n) is 11.0. The van der Waals surface area contributed by atoms with Gasteiger partial charge in [-0.3, -0.25) is 0 Å². The van der Waals surface area contributed by atoms with Gasteiger partial charge in [-0.25, -0.2) is 19.4 Å². The molecule has 1 aromatic carbocycles. The van der Waals surface area contributed by atoms with Crippen molar-refractivity contribution in [2.24, 2.45) is 0 Å². The van der Waals surface area contributed by atoms with Gasteiger partial charge in [0, 0.05) is 37.4 Å². The molecule has 2 aliphatic heterocycles. The average Bonchev–Trinajstić information content (AvgIpc) is 2.95. The minimum atomic E-state index is -0.638. The number of carbonyl (C=O) groups excluding carboxylic acids is 3. The number of rotatable bonds is 6. The number of esters is 1. The zero-order valence-electron chi connectivity index (χ0n) is 24.1. The Morgan fingerprint density at radius 2 is 1.83 bits per heavy atom. The topological polar surface area (TPSA) is 125 Å². The normalized spacial score (nSPS) is 16.9. The number of amides is 2. The molecule has 3 heterocycles. The number of nitrogens with zero attached hydrogens (tertiary/aromatic N) is 5. The van der Waals surface area contributed by atoms with Gasteiger partial charge >= 0.3 is 18.2 Å². The highest BCUT2D eigenvalue weighted by atomic mass is 16.6. The van der Waals surface area contributed by atoms with Gasteiger partial charge in [0.05, 0.1) is 37.4 Å². The van der Waals surface area contributed by atoms with Crippen molar-refractivity contribution in [1.82, 2.24) is 14.8 Å². The molecule has 1 atom stereocenters. The van der Waals surface area contributed by atoms with Crippen LogP contribution in [0.25, 0.3) is 0 Å². The molecule has 0 radical (unpaired) electrons. The van der Waals surface area contributed by atoms with E-state index in [-0.39, 0.29) is 31.9 Å². The minimum absolute atomic E-state index is 0.126. The number of hydrogen-bond donors (Lipinski definition) is 0. The van der Waals surface area contributed by atoms with Crippen LogP contribution in [0.5, 0.6) is 0 Å². The molecule has 4 rings (SSSR count). The van der Waals surface area contributed by atoms with Crippen LogP contribution in [0.4, 0.5) is 15.3 Å². The fourth-order valence-electron chi connectivity index (χ4n) is 4.99. The molecule has 0 saturated carbocycles. The molecule has 2 amide bonds. The molecule has 0 N–H and O–H groups in total. The molecule has 11 nitrogen and oxygen atoms in total. The number of nitriles is 1. The van der Waals surface area contributed by atoms with Crippen molar-refractivity contribution in [2.75, 3.05) is 37.7 Å². The predicted molar refractivity (Wildman–Crippen MR) is 150 cm³/mol. The number of carbonyl (C=O) groups is 3. The van der Waals surface area contributed by atoms with Crippen LogP contribution in [-0.4, -0.2) is 77.4 Å². The van der Waals surface area contributed by atoms with Gasteiger partial charge in [-0.15, -0.1) is 0 Å². The first-order valence-electron chi connectivity index (χ1n) is 13.9. The Morgan fingerprint density at radius 1 is 1.07 bits per heavy atom. The van der Waals surface area contributed by atoms with Gasteiger partial charge in [-0.05, 0) is 45.7 Å². The monoisotopic (exact) mass is 563 g/mol. The van der Waals surface area contributed by atoms with E-state index in [2.05, 4.69) is 16.0 Å². The fraction of sp³-hybridized carbons (Fsp3) is 0.500. The van der Waals surface area contributed by atoms with Gasteiger partial charge in [0.25, 0.3) is 0 Å². The highest BCUT2D eigenvalue weighted by Crippen LogP contribution is 2.32. The number of ether oxygens (including phenoxy) is 3. The van der Waals surface area contributed by atoms with E-state index in [1.165, 1.54) is 0 Å². The Bertz CT molecular complexity index is 1300. The smallest absolute Gasteiger partial charge is 0.410 e. The predicted octanol–water partition coefficient (Wildman–Crippen LogP) is 4.29. The number of anilines is 1. The largest absolute Gasteiger partial charge is 0.461 e. The van der Waals surface area contributed by atoms with E-state index < -0.39 is 29.8 Å². The Hall–Kier alpha value is -4.33. The van der Waals surface area contributed by atoms with Crippen LogP contribution in [0.15, 0.2) is 36.4 Å². The molecule has 0 aliphatic carbocycles. The number of piperazine rings is 1. The zero-order valence-corrected chi connectivity index (χ0v) is 24.1. The standard InChI is InChI=1S/C30H37N5O6/c1-5-39-27(36)24-17-26(23-12-14-34(19-25(23)32-24)28(37)41-30(2,3)4)33-15-16-35(22(18-33)11-13-31)29(38)40-20-21-9-7-6-8-10-21/h6-10,17,22H,5,11-12,14-16,18-20H2,1-4H3/t22-/m0/s1. The molecular formula is C30H37N5O6. The third-order valence-corrected chi connectivity index (χ3v) is 6.88. The van der Waals surface area contributed by atoms with Crippen LogP contribution in [0.3, 0.4) is 0 Å². The van der Waals surface area contributed by atoms with E-state index in [0.29, 0.717) is 38.3 Å². The lowest BCUT2D eigenvalue weighted by Gasteiger charge is -2.42. The highest BCUT2D eigenvalue weighted by molar-refractivity contribution is 5.89. The first-order valence-corrected chi connectivity index (χ1v) is 13.9. The van der Waals surface area contributed by atoms with Gasteiger partial charge in [-0.2, -0.15) is 5.26 Å². The summed E-state index contributed by atoms with van der Waals surface area (Å²) in [7, 11) is 0. The molecule has 1 aromatic heterocycles. The SMILES string of the molecule is CCOC(=O)c1cc(N2CCN(C(=O)OCc3ccccc3)[C@@H](CC#N)C2)c2c(n1)CN(C(=O)OC(C)(C)C)CC2. The van der Waals surface area contributed by atoms with Crippen molar-refractivity contribution in [3.8, 4) is 6.07 Å². The third-order valence-electron chi connectivity index (χ3n) is 6.88. The van der Waals surface area contributed by atoms with E-state index in [4.69, 9.17) is 14.2 Å². The van der Waals surface area contributed by atoms with Crippen molar-refractivity contribution in [1.29, 1.82) is 5.26 Å². The maximum absolute atomic E-state index is 13.0. The molecule has 1 fully saturated rings. The van der Waals surface area contributed by atoms with Crippen LogP contribution >= 0.6 is 0 Å². The quantitative estimate of drug-likeness (QED) is 0.374. The summed E-state index contributed by atoms with van der Waals surface area (Å²) in [5.41, 5.74) is 2.71. The van der Waals surface area contributed by atoms with Gasteiger partial charge in [0.2, 0.25) is 0 Å². The van der Waals surface area contributed by atoms with E-state index in [1.54, 1.807) is 22.8 Å². The van der Waals surface area contributed by atoms with Crippen molar-refractivity contribution < 1.29 is 28.6 Å². The summed E-state index contributed by atoms with van der Waals surface area (Å²) >= 11 is 0. The van der Waals surface area contributed by atoms with Crippen molar-refractivity contribution in [3.05, 3.63) is 58.9 Å². The summed E-state index contributed by atoms with van der Waals surface area (Å²) in [5, 5.41) is 9.54. The third kappa shape index (κ3) is 7.45. The second kappa shape index (κ2) is 12.9. The second-order valence-corrected chi connectivity index (χ2v) is 11.0. The van der Waals surface area contributed by atoms with Gasteiger partial charge < -0.3 is 28.9 Å². The van der Waals surface area contributed by atoms with Crippen LogP contribution in [0.2, 0.25) is 0 Å². The van der Waals surface area contributed by atoms with Crippen molar-refractivity contribution in [2.45, 2.75) is 65.3 Å². The molecule has 2 aromatic rings. The fourth-order valence-corrected chi connectivity index (χ4v) is 4.99. The first kappa shape index (κ1) is 29.6. The molecule has 11 heteroatoms. The van der Waals surface area contributed by atoms with Crippen molar-refractivity contribution in [3.63, 3.8) is 0 Å². The van der Waals surface area contributed by atoms with Gasteiger partial charge in [-0.1, -0.05) is 30.3 Å². The first-order chi connectivity index (χ1) is 19.6. The lowest BCUT2D eigenvalue weighted by Crippen LogP contribution is -2.55. The number of pyridine rings is 1. The number of benzene rings is 1. The van der Waals surface area contributed by atoms with E-state index in [1.807, 2.05) is 51.1 Å². The Labute approximate surface area is 240 Å². The van der Waals surface area contributed by atoms with Crippen LogP contribution in [-0.2, 0) is 33.8 Å². The molecule has 0 spiro atoms. The molecule has 0 bridgehead atoms. The molecule has 218 valence electrons. The van der Waals surface area contributed by atoms with Crippen LogP contribution in [0.1, 0.15) is 61.4 Å². The molecular weight excluding hydrogens is 526 g/mol. The average molecular weight is 564 g/mol. The lowest BCUT2D eigenvalue weighted by molar-refractivity contribution is 0.0221. The Kier molecular flexibility index (Phi) is 9.32. The summed E-state index contributed by atoms with van der Waals surface area (Å²) in [6.45, 7) is 9.32. The van der Waals surface area contributed by atoms with E-state index >= 15 is 0 Å². The number of aromatic nitrogens is 1. The molecule has 2 aliphatic rings. The van der Waals surface area contributed by atoms with E-state index in [9.17, 15) is 19.6 Å². The Morgan fingerprint density at radius 3 is 2.51 bits per heavy atom. The summed E-state index contributed by atoms with van der Waals surface area (Å²) in [5.74, 6) is -0.553. The van der Waals surface area contributed by atoms with Gasteiger partial charge in [0.15, 0.2) is 5.69 Å². The van der Waals surface area contributed by atoms with Crippen LogP contribution in [0, 0.1) is 11.3 Å². The molecule has 41 heavy (non-hydrogen) atoms. The van der Waals surface area contributed by atoms with E-state index in [0.717, 1.165) is 16.8 Å². The summed E-state index contributed by atoms with van der Waals surface area (Å²) in [6, 6.07) is 12.9. The Balaban J connectivity index is 1.56. The summed E-state index contributed by atoms with van der Waals surface area (Å²) in [4.78, 5) is 48.4. The zero-order chi connectivity index (χ0) is 29.6. The number of hydrogen-bond acceptors (Lipinski definition) is 9.